The van der Waals surface area contributed by atoms with E-state index in [9.17, 15) is 4.79 Å². The lowest BCUT2D eigenvalue weighted by Crippen LogP contribution is -2.46. The molecule has 0 aliphatic carbocycles. The number of aldehydes is 1. The van der Waals surface area contributed by atoms with Gasteiger partial charge in [-0.3, -0.25) is 24.4 Å². The van der Waals surface area contributed by atoms with E-state index in [1.54, 1.807) is 45.7 Å². The van der Waals surface area contributed by atoms with E-state index in [0.717, 1.165) is 203 Å². The molecule has 0 saturated carbocycles. The van der Waals surface area contributed by atoms with Crippen molar-refractivity contribution in [2.45, 2.75) is 39.8 Å². The first-order chi connectivity index (χ1) is 55.9. The van der Waals surface area contributed by atoms with Crippen molar-refractivity contribution < 1.29 is 56.5 Å². The summed E-state index contributed by atoms with van der Waals surface area (Å²) in [5.41, 5.74) is 11.8. The smallest absolute Gasteiger partial charge is 0.432 e. The van der Waals surface area contributed by atoms with E-state index in [1.807, 2.05) is 41.7 Å². The number of aromatic amines is 2. The molecule has 0 spiro atoms. The largest absolute Gasteiger partial charge is 0.489 e. The summed E-state index contributed by atoms with van der Waals surface area (Å²) in [6.45, 7) is 26.4. The number of nitrogens with zero attached hydrogens (tertiary/aromatic N) is 17. The third kappa shape index (κ3) is 19.9. The van der Waals surface area contributed by atoms with Crippen molar-refractivity contribution in [1.29, 1.82) is 0 Å². The van der Waals surface area contributed by atoms with Crippen molar-refractivity contribution in [3.05, 3.63) is 125 Å². The fourth-order valence-electron chi connectivity index (χ4n) is 15.2. The summed E-state index contributed by atoms with van der Waals surface area (Å²) in [5.74, 6) is 2.83. The standard InChI is InChI=1S/C29H33N7O3.C21H27ClN6O3.C14H11ClN4O3.C8H8BNO2.C8H17NO.CH4/c1-37-14-11-34-7-9-35(10-8-34)19-20-17-23-25-26(39-29(23)31-18-20)28(36-12-15-38-16-13-36)33-27(32-25)22-3-2-4-24-21(22)5-6-30-24;1-29-9-6-26-2-4-27(5-3-26)14-15-12-16-17-18(31-20(16)23-13-15)19(25-21(22)24-17)28-7-10-30-11-8-28;15-14-17-10-9-5-8(7-20)6-16-13(9)22-11(10)12(18-14)19-1-3-21-4-2-19;11-9(12)7-2-1-3-8-6(7)4-5-10-8;1-10-8-7-9-5-3-2-4-6-9;/h2-6,17-18,30H,7-16,19H2,1H3;12-13H,2-11,14H2,1H3;5-7H,1-4H2;1-5,10-12H;2-8H2,1H3;1H4. The molecule has 115 heavy (non-hydrogen) atoms. The zero-order chi connectivity index (χ0) is 78.3. The second-order valence-corrected chi connectivity index (χ2v) is 29.5. The van der Waals surface area contributed by atoms with Gasteiger partial charge in [0.15, 0.2) is 46.3 Å². The Kier molecular flexibility index (Phi) is 28.4. The first-order valence-corrected chi connectivity index (χ1v) is 39.8. The molecule has 13 aromatic rings. The van der Waals surface area contributed by atoms with Crippen LogP contribution in [0.3, 0.4) is 0 Å². The minimum absolute atomic E-state index is 0. The van der Waals surface area contributed by atoms with Crippen LogP contribution in [-0.2, 0) is 41.5 Å². The average Bonchev–Trinajstić information content (AvgIpc) is 1.61. The number of rotatable bonds is 19. The number of benzene rings is 2. The number of hydrogen-bond acceptors (Lipinski definition) is 29. The van der Waals surface area contributed by atoms with Gasteiger partial charge in [-0.1, -0.05) is 38.1 Å². The van der Waals surface area contributed by atoms with Gasteiger partial charge in [0.1, 0.15) is 16.6 Å². The highest BCUT2D eigenvalue weighted by molar-refractivity contribution is 6.61. The van der Waals surface area contributed by atoms with Crippen LogP contribution in [0.15, 0.2) is 111 Å². The second kappa shape index (κ2) is 39.6. The van der Waals surface area contributed by atoms with Gasteiger partial charge in [-0.15, -0.1) is 0 Å². The summed E-state index contributed by atoms with van der Waals surface area (Å²) in [4.78, 5) is 77.1. The predicted octanol–water partition coefficient (Wildman–Crippen LogP) is 9.22. The molecule has 31 nitrogen and oxygen atoms in total. The quantitative estimate of drug-likeness (QED) is 0.0333. The van der Waals surface area contributed by atoms with Gasteiger partial charge in [-0.25, -0.2) is 34.9 Å². The molecule has 0 radical (unpaired) electrons. The Balaban J connectivity index is 0.000000128. The van der Waals surface area contributed by atoms with Crippen LogP contribution in [0.25, 0.3) is 99.8 Å². The first kappa shape index (κ1) is 82.3. The molecule has 17 heterocycles. The monoisotopic (exact) mass is 1610 g/mol. The zero-order valence-electron chi connectivity index (χ0n) is 64.6. The first-order valence-electron chi connectivity index (χ1n) is 39.1. The fourth-order valence-corrected chi connectivity index (χ4v) is 15.6. The number of aromatic nitrogens is 11. The lowest BCUT2D eigenvalue weighted by Gasteiger charge is -2.34. The molecule has 608 valence electrons. The number of piperazine rings is 2. The molecule has 19 rings (SSSR count). The highest BCUT2D eigenvalue weighted by Gasteiger charge is 2.29. The minimum atomic E-state index is -1.40. The van der Waals surface area contributed by atoms with Gasteiger partial charge in [-0.2, -0.15) is 9.97 Å². The molecule has 11 aromatic heterocycles. The number of ether oxygens (including phenoxy) is 6. The van der Waals surface area contributed by atoms with Crippen molar-refractivity contribution in [3.63, 3.8) is 0 Å². The maximum Gasteiger partial charge on any atom is 0.489 e. The molecule has 0 atom stereocenters. The van der Waals surface area contributed by atoms with Crippen molar-refractivity contribution in [3.8, 4) is 11.4 Å². The fraction of sp³-hybridized carbons (Fsp3) is 0.457. The van der Waals surface area contributed by atoms with Crippen LogP contribution >= 0.6 is 23.2 Å². The SMILES string of the molecule is C.COCCN1CCCCC1.COCCN1CCN(Cc2cnc3oc4c(N5CCOCC5)nc(-c5cccc6[nH]ccc56)nc4c3c2)CC1.COCCN1CCN(Cc2cnc3oc4c(N5CCOCC5)nc(Cl)nc4c3c2)CC1.O=Cc1cnc2oc3c(N4CCOCC4)nc(Cl)nc3c2c1.OB(O)c1cccc2[nH]ccc12. The Morgan fingerprint density at radius 3 is 1.33 bits per heavy atom. The van der Waals surface area contributed by atoms with Crippen molar-refractivity contribution >= 4 is 148 Å². The summed E-state index contributed by atoms with van der Waals surface area (Å²) in [5, 5.41) is 22.7. The van der Waals surface area contributed by atoms with E-state index in [4.69, 9.17) is 89.9 Å². The molecule has 0 amide bonds. The van der Waals surface area contributed by atoms with Gasteiger partial charge in [0, 0.05) is 204 Å². The van der Waals surface area contributed by atoms with Gasteiger partial charge in [0.05, 0.1) is 75.6 Å². The Labute approximate surface area is 676 Å². The van der Waals surface area contributed by atoms with Gasteiger partial charge in [0.25, 0.3) is 0 Å². The topological polar surface area (TPSA) is 326 Å². The number of morpholine rings is 3. The molecule has 0 unspecified atom stereocenters. The molecule has 2 aromatic carbocycles. The number of likely N-dealkylation sites (tertiary alicyclic amines) is 1. The average molecular weight is 1610 g/mol. The summed E-state index contributed by atoms with van der Waals surface area (Å²) < 4.78 is 50.1. The van der Waals surface area contributed by atoms with Gasteiger partial charge < -0.3 is 81.3 Å². The molecule has 34 heteroatoms. The number of nitrogens with one attached hydrogen (secondary N) is 2. The maximum absolute atomic E-state index is 10.9. The number of carbonyl (C=O) groups excluding carboxylic acids is 1. The molecule has 6 aliphatic rings. The second-order valence-electron chi connectivity index (χ2n) is 28.8. The predicted molar refractivity (Wildman–Crippen MR) is 447 cm³/mol. The third-order valence-corrected chi connectivity index (χ3v) is 21.7. The van der Waals surface area contributed by atoms with Gasteiger partial charge in [0.2, 0.25) is 27.7 Å². The van der Waals surface area contributed by atoms with Crippen molar-refractivity contribution in [2.75, 3.05) is 220 Å². The number of furan rings is 3. The number of piperidine rings is 1. The van der Waals surface area contributed by atoms with Crippen LogP contribution in [0.1, 0.15) is 48.2 Å². The summed E-state index contributed by atoms with van der Waals surface area (Å²) >= 11 is 12.3. The lowest BCUT2D eigenvalue weighted by molar-refractivity contribution is 0.0938. The van der Waals surface area contributed by atoms with Gasteiger partial charge in [-0.05, 0) is 114 Å². The molecular formula is C81H100BCl2N19O12. The molecule has 6 fully saturated rings. The lowest BCUT2D eigenvalue weighted by atomic mass is 9.78. The summed E-state index contributed by atoms with van der Waals surface area (Å²) in [7, 11) is 3.88. The van der Waals surface area contributed by atoms with E-state index < -0.39 is 7.12 Å². The van der Waals surface area contributed by atoms with E-state index >= 15 is 0 Å². The highest BCUT2D eigenvalue weighted by Crippen LogP contribution is 2.39. The number of hydrogen-bond donors (Lipinski definition) is 4. The highest BCUT2D eigenvalue weighted by atomic mass is 35.5. The zero-order valence-corrected chi connectivity index (χ0v) is 66.1. The minimum Gasteiger partial charge on any atom is -0.432 e. The van der Waals surface area contributed by atoms with Crippen LogP contribution in [0, 0.1) is 0 Å². The third-order valence-electron chi connectivity index (χ3n) is 21.4. The number of fused-ring (bicyclic) bond motifs is 11. The Bertz CT molecular complexity index is 5340. The summed E-state index contributed by atoms with van der Waals surface area (Å²) in [6, 6.07) is 21.5. The summed E-state index contributed by atoms with van der Waals surface area (Å²) in [6.07, 6.45) is 13.9. The van der Waals surface area contributed by atoms with E-state index in [0.29, 0.717) is 126 Å². The van der Waals surface area contributed by atoms with Gasteiger partial charge >= 0.3 is 7.12 Å². The molecule has 6 aliphatic heterocycles. The van der Waals surface area contributed by atoms with Crippen molar-refractivity contribution in [2.24, 2.45) is 0 Å². The number of H-pyrrole nitrogens is 2. The Morgan fingerprint density at radius 1 is 0.461 bits per heavy atom. The van der Waals surface area contributed by atoms with Crippen molar-refractivity contribution in [1.82, 2.24) is 79.3 Å². The molecule has 0 bridgehead atoms. The number of methoxy groups -OCH3 is 3. The van der Waals surface area contributed by atoms with E-state index in [-0.39, 0.29) is 18.0 Å². The van der Waals surface area contributed by atoms with Crippen LogP contribution < -0.4 is 20.2 Å². The Hall–Kier alpha value is -9.20. The van der Waals surface area contributed by atoms with E-state index in [2.05, 4.69) is 105 Å². The Morgan fingerprint density at radius 2 is 0.870 bits per heavy atom. The number of halogens is 2. The van der Waals surface area contributed by atoms with Crippen LogP contribution in [-0.4, -0.2) is 308 Å². The molecule has 6 saturated heterocycles. The van der Waals surface area contributed by atoms with Crippen LogP contribution in [0.4, 0.5) is 17.5 Å². The number of anilines is 3. The van der Waals surface area contributed by atoms with E-state index in [1.165, 1.54) is 38.5 Å². The van der Waals surface area contributed by atoms with Crippen LogP contribution in [0.5, 0.6) is 0 Å². The number of pyridine rings is 3. The van der Waals surface area contributed by atoms with Crippen LogP contribution in [0.2, 0.25) is 10.6 Å². The normalized spacial score (nSPS) is 17.0. The molecule has 4 N–H and O–H groups in total. The maximum atomic E-state index is 10.9. The number of carbonyl (C=O) groups is 1. The molecular weight excluding hydrogens is 1510 g/mol.